The first-order valence-electron chi connectivity index (χ1n) is 11.6. The summed E-state index contributed by atoms with van der Waals surface area (Å²) >= 11 is 6.23. The SMILES string of the molecule is CS(=O)(=O)c1ncc(-c2ccnc3ccc(O[C@H]4CCN(C(=O)C5CCOCC5)C4)cc23)cc1Cl. The highest BCUT2D eigenvalue weighted by Crippen LogP contribution is 2.33. The fourth-order valence-electron chi connectivity index (χ4n) is 4.72. The number of hydrogen-bond acceptors (Lipinski definition) is 7. The lowest BCUT2D eigenvalue weighted by molar-refractivity contribution is -0.137. The molecule has 1 amide bonds. The summed E-state index contributed by atoms with van der Waals surface area (Å²) in [4.78, 5) is 23.3. The molecular formula is C25H26ClN3O5S. The Bertz CT molecular complexity index is 1370. The van der Waals surface area contributed by atoms with E-state index in [0.29, 0.717) is 37.6 Å². The fraction of sp³-hybridized carbons (Fsp3) is 0.400. The van der Waals surface area contributed by atoms with E-state index < -0.39 is 9.84 Å². The van der Waals surface area contributed by atoms with Gasteiger partial charge in [0.15, 0.2) is 14.9 Å². The van der Waals surface area contributed by atoms with E-state index in [1.807, 2.05) is 29.2 Å². The Balaban J connectivity index is 1.36. The topological polar surface area (TPSA) is 98.7 Å². The largest absolute Gasteiger partial charge is 0.488 e. The zero-order valence-corrected chi connectivity index (χ0v) is 20.9. The molecule has 2 aliphatic heterocycles. The summed E-state index contributed by atoms with van der Waals surface area (Å²) in [5.41, 5.74) is 2.26. The standard InChI is InChI=1S/C25H26ClN3O5S/c1-35(31,32)24-22(26)12-17(14-28-24)20-4-8-27-23-3-2-18(13-21(20)23)34-19-5-9-29(15-19)25(30)16-6-10-33-11-7-16/h2-4,8,12-14,16,19H,5-7,9-11,15H2,1H3/t19-/m0/s1. The Hall–Kier alpha value is -2.75. The van der Waals surface area contributed by atoms with Crippen LogP contribution >= 0.6 is 11.6 Å². The predicted molar refractivity (Wildman–Crippen MR) is 132 cm³/mol. The van der Waals surface area contributed by atoms with Crippen molar-refractivity contribution >= 4 is 38.2 Å². The van der Waals surface area contributed by atoms with Crippen LogP contribution in [0.4, 0.5) is 0 Å². The molecule has 2 saturated heterocycles. The van der Waals surface area contributed by atoms with Crippen molar-refractivity contribution in [1.82, 2.24) is 14.9 Å². The van der Waals surface area contributed by atoms with E-state index in [9.17, 15) is 13.2 Å². The average molecular weight is 516 g/mol. The number of likely N-dealkylation sites (tertiary alicyclic amines) is 1. The van der Waals surface area contributed by atoms with Gasteiger partial charge in [0.25, 0.3) is 0 Å². The van der Waals surface area contributed by atoms with Crippen LogP contribution in [0.15, 0.2) is 47.8 Å². The van der Waals surface area contributed by atoms with E-state index in [0.717, 1.165) is 42.0 Å². The third kappa shape index (κ3) is 5.12. The van der Waals surface area contributed by atoms with E-state index in [4.69, 9.17) is 21.1 Å². The number of hydrogen-bond donors (Lipinski definition) is 0. The van der Waals surface area contributed by atoms with Gasteiger partial charge in [-0.3, -0.25) is 9.78 Å². The van der Waals surface area contributed by atoms with Crippen LogP contribution in [0.3, 0.4) is 0 Å². The Morgan fingerprint density at radius 1 is 1.14 bits per heavy atom. The number of fused-ring (bicyclic) bond motifs is 1. The summed E-state index contributed by atoms with van der Waals surface area (Å²) in [7, 11) is -3.52. The van der Waals surface area contributed by atoms with Crippen LogP contribution in [0.1, 0.15) is 19.3 Å². The van der Waals surface area contributed by atoms with E-state index in [-0.39, 0.29) is 28.0 Å². The molecule has 2 aromatic heterocycles. The van der Waals surface area contributed by atoms with Crippen LogP contribution in [0.2, 0.25) is 5.02 Å². The van der Waals surface area contributed by atoms with Gasteiger partial charge in [-0.25, -0.2) is 13.4 Å². The summed E-state index contributed by atoms with van der Waals surface area (Å²) in [6.45, 7) is 2.56. The van der Waals surface area contributed by atoms with Gasteiger partial charge in [0.05, 0.1) is 17.1 Å². The van der Waals surface area contributed by atoms with Gasteiger partial charge in [-0.15, -0.1) is 0 Å². The highest BCUT2D eigenvalue weighted by atomic mass is 35.5. The first-order valence-corrected chi connectivity index (χ1v) is 13.8. The van der Waals surface area contributed by atoms with Gasteiger partial charge in [0.1, 0.15) is 11.9 Å². The van der Waals surface area contributed by atoms with Crippen LogP contribution in [-0.4, -0.2) is 67.9 Å². The van der Waals surface area contributed by atoms with E-state index in [1.165, 1.54) is 6.20 Å². The molecule has 0 spiro atoms. The molecule has 3 aromatic rings. The van der Waals surface area contributed by atoms with Crippen molar-refractivity contribution in [3.63, 3.8) is 0 Å². The number of sulfone groups is 1. The molecule has 8 nitrogen and oxygen atoms in total. The summed E-state index contributed by atoms with van der Waals surface area (Å²) in [5, 5.41) is 0.761. The van der Waals surface area contributed by atoms with Crippen LogP contribution in [0.5, 0.6) is 5.75 Å². The molecule has 2 fully saturated rings. The number of carbonyl (C=O) groups excluding carboxylic acids is 1. The summed E-state index contributed by atoms with van der Waals surface area (Å²) < 4.78 is 35.4. The quantitative estimate of drug-likeness (QED) is 0.510. The first-order chi connectivity index (χ1) is 16.8. The Labute approximate surface area is 209 Å². The maximum atomic E-state index is 12.8. The maximum absolute atomic E-state index is 12.8. The monoisotopic (exact) mass is 515 g/mol. The highest BCUT2D eigenvalue weighted by molar-refractivity contribution is 7.90. The number of aromatic nitrogens is 2. The predicted octanol–water partition coefficient (Wildman–Crippen LogP) is 3.76. The lowest BCUT2D eigenvalue weighted by Gasteiger charge is -2.26. The first kappa shape index (κ1) is 24.0. The fourth-order valence-corrected chi connectivity index (χ4v) is 5.96. The van der Waals surface area contributed by atoms with Crippen molar-refractivity contribution in [2.24, 2.45) is 5.92 Å². The van der Waals surface area contributed by atoms with Crippen molar-refractivity contribution < 1.29 is 22.7 Å². The molecule has 0 unspecified atom stereocenters. The Morgan fingerprint density at radius 2 is 1.94 bits per heavy atom. The molecule has 1 aromatic carbocycles. The summed E-state index contributed by atoms with van der Waals surface area (Å²) in [5.74, 6) is 0.932. The van der Waals surface area contributed by atoms with Crippen LogP contribution in [0.25, 0.3) is 22.0 Å². The molecule has 0 radical (unpaired) electrons. The number of carbonyl (C=O) groups is 1. The lowest BCUT2D eigenvalue weighted by Crippen LogP contribution is -2.38. The molecule has 0 N–H and O–H groups in total. The molecule has 35 heavy (non-hydrogen) atoms. The molecule has 10 heteroatoms. The lowest BCUT2D eigenvalue weighted by atomic mass is 9.99. The Morgan fingerprint density at radius 3 is 2.69 bits per heavy atom. The molecule has 1 atom stereocenters. The van der Waals surface area contributed by atoms with Crippen molar-refractivity contribution in [2.45, 2.75) is 30.4 Å². The number of ether oxygens (including phenoxy) is 2. The van der Waals surface area contributed by atoms with Gasteiger partial charge in [-0.05, 0) is 48.7 Å². The number of nitrogens with zero attached hydrogens (tertiary/aromatic N) is 3. The number of benzene rings is 1. The second-order valence-electron chi connectivity index (χ2n) is 9.02. The third-order valence-corrected chi connectivity index (χ3v) is 7.94. The van der Waals surface area contributed by atoms with Gasteiger partial charge in [0, 0.05) is 61.7 Å². The van der Waals surface area contributed by atoms with Gasteiger partial charge < -0.3 is 14.4 Å². The highest BCUT2D eigenvalue weighted by Gasteiger charge is 2.32. The van der Waals surface area contributed by atoms with Gasteiger partial charge >= 0.3 is 0 Å². The van der Waals surface area contributed by atoms with Crippen LogP contribution in [-0.2, 0) is 19.4 Å². The zero-order valence-electron chi connectivity index (χ0n) is 19.3. The van der Waals surface area contributed by atoms with E-state index in [1.54, 1.807) is 12.3 Å². The average Bonchev–Trinajstić information content (AvgIpc) is 3.31. The number of pyridine rings is 2. The number of rotatable bonds is 5. The second kappa shape index (κ2) is 9.72. The third-order valence-electron chi connectivity index (χ3n) is 6.51. The molecule has 5 rings (SSSR count). The summed E-state index contributed by atoms with van der Waals surface area (Å²) in [6.07, 6.45) is 6.53. The molecule has 0 aliphatic carbocycles. The minimum atomic E-state index is -3.52. The Kier molecular flexibility index (Phi) is 6.65. The van der Waals surface area contributed by atoms with Crippen molar-refractivity contribution in [1.29, 1.82) is 0 Å². The zero-order chi connectivity index (χ0) is 24.6. The van der Waals surface area contributed by atoms with Crippen molar-refractivity contribution in [2.75, 3.05) is 32.6 Å². The van der Waals surface area contributed by atoms with Crippen molar-refractivity contribution in [3.05, 3.63) is 47.7 Å². The van der Waals surface area contributed by atoms with Crippen LogP contribution < -0.4 is 4.74 Å². The second-order valence-corrected chi connectivity index (χ2v) is 11.4. The summed E-state index contributed by atoms with van der Waals surface area (Å²) in [6, 6.07) is 9.11. The molecule has 184 valence electrons. The minimum Gasteiger partial charge on any atom is -0.488 e. The molecule has 2 aliphatic rings. The van der Waals surface area contributed by atoms with E-state index >= 15 is 0 Å². The minimum absolute atomic E-state index is 0.0475. The normalized spacial score (nSPS) is 19.3. The molecule has 4 heterocycles. The van der Waals surface area contributed by atoms with Gasteiger partial charge in [-0.2, -0.15) is 0 Å². The van der Waals surface area contributed by atoms with Crippen LogP contribution in [0, 0.1) is 5.92 Å². The van der Waals surface area contributed by atoms with Gasteiger partial charge in [-0.1, -0.05) is 11.6 Å². The molecule has 0 saturated carbocycles. The molecular weight excluding hydrogens is 490 g/mol. The smallest absolute Gasteiger partial charge is 0.225 e. The van der Waals surface area contributed by atoms with Gasteiger partial charge in [0.2, 0.25) is 5.91 Å². The van der Waals surface area contributed by atoms with E-state index in [2.05, 4.69) is 9.97 Å². The number of amides is 1. The van der Waals surface area contributed by atoms with Crippen molar-refractivity contribution in [3.8, 4) is 16.9 Å². The maximum Gasteiger partial charge on any atom is 0.225 e. The number of halogens is 1. The molecule has 0 bridgehead atoms.